The minimum absolute atomic E-state index is 0.209. The van der Waals surface area contributed by atoms with Crippen molar-refractivity contribution in [2.75, 3.05) is 39.2 Å². The Balaban J connectivity index is 0.761. The number of piperidine rings is 1. The topological polar surface area (TPSA) is 155 Å². The Hall–Kier alpha value is -5.55. The van der Waals surface area contributed by atoms with Gasteiger partial charge in [0.15, 0.2) is 0 Å². The lowest BCUT2D eigenvalue weighted by Crippen LogP contribution is -2.44. The molecule has 2 aliphatic carbocycles. The highest BCUT2D eigenvalue weighted by atomic mass is 19.4. The van der Waals surface area contributed by atoms with Crippen LogP contribution in [0.25, 0.3) is 21.9 Å². The van der Waals surface area contributed by atoms with E-state index in [2.05, 4.69) is 33.6 Å². The number of nitrogens with one attached hydrogen (secondary N) is 2. The number of hydrogen-bond acceptors (Lipinski definition) is 9. The quantitative estimate of drug-likeness (QED) is 0.0951. The standard InChI is InChI=1S/C44H51F3N8O6/c1-52(17-6-18-61-31-20-27(21-31)19-28-7-4-9-35-40(28)53(2)43(59)55(35)36-15-16-39(56)50-42(36)58)24-26-11-13-30(14-12-26)54-25-29-22-34(37(60-3)23-33(29)51-54)49-41(57)32-8-5-10-38(48-32)44(45,46)47/h4-5,7-10,22-23,25-27,30-31,36H,6,11-21,24H2,1-3H3,(H,49,57)(H,50,56,58)/t26-,27-,30-,31-,36?. The molecular weight excluding hydrogens is 794 g/mol. The number of halogens is 3. The molecule has 324 valence electrons. The highest BCUT2D eigenvalue weighted by Crippen LogP contribution is 2.37. The van der Waals surface area contributed by atoms with Gasteiger partial charge in [0.25, 0.3) is 5.91 Å². The predicted octanol–water partition coefficient (Wildman–Crippen LogP) is 6.43. The van der Waals surface area contributed by atoms with Crippen molar-refractivity contribution in [3.05, 3.63) is 82.2 Å². The molecule has 5 aromatic rings. The molecule has 1 atom stereocenters. The van der Waals surface area contributed by atoms with Crippen LogP contribution < -0.4 is 21.1 Å². The van der Waals surface area contributed by atoms with Crippen molar-refractivity contribution in [2.24, 2.45) is 18.9 Å². The molecule has 1 aliphatic heterocycles. The number of anilines is 1. The molecule has 3 aliphatic rings. The van der Waals surface area contributed by atoms with E-state index >= 15 is 0 Å². The van der Waals surface area contributed by atoms with Crippen molar-refractivity contribution >= 4 is 45.3 Å². The molecule has 2 N–H and O–H groups in total. The molecule has 0 spiro atoms. The number of imidazole rings is 1. The number of hydrogen-bond donors (Lipinski definition) is 2. The van der Waals surface area contributed by atoms with Gasteiger partial charge in [-0.25, -0.2) is 9.78 Å². The summed E-state index contributed by atoms with van der Waals surface area (Å²) in [6.07, 6.45) is 5.85. The molecule has 17 heteroatoms. The van der Waals surface area contributed by atoms with Gasteiger partial charge in [0.2, 0.25) is 11.8 Å². The largest absolute Gasteiger partial charge is 0.494 e. The first-order valence-corrected chi connectivity index (χ1v) is 21.0. The minimum Gasteiger partial charge on any atom is -0.494 e. The molecule has 4 heterocycles. The molecule has 3 aromatic heterocycles. The first-order chi connectivity index (χ1) is 29.2. The number of alkyl halides is 3. The second-order valence-corrected chi connectivity index (χ2v) is 16.9. The Morgan fingerprint density at radius 1 is 1.02 bits per heavy atom. The maximum Gasteiger partial charge on any atom is 0.433 e. The van der Waals surface area contributed by atoms with E-state index in [1.165, 1.54) is 17.7 Å². The summed E-state index contributed by atoms with van der Waals surface area (Å²) in [5.41, 5.74) is 1.91. The molecular formula is C44H51F3N8O6. The van der Waals surface area contributed by atoms with E-state index in [0.29, 0.717) is 41.8 Å². The number of imide groups is 1. The molecule has 3 fully saturated rings. The van der Waals surface area contributed by atoms with Crippen molar-refractivity contribution < 1.29 is 37.0 Å². The van der Waals surface area contributed by atoms with Crippen LogP contribution in [0.3, 0.4) is 0 Å². The highest BCUT2D eigenvalue weighted by molar-refractivity contribution is 6.05. The first kappa shape index (κ1) is 42.2. The third-order valence-electron chi connectivity index (χ3n) is 12.6. The number of ether oxygens (including phenoxy) is 2. The van der Waals surface area contributed by atoms with Crippen LogP contribution in [0, 0.1) is 11.8 Å². The summed E-state index contributed by atoms with van der Waals surface area (Å²) in [6.45, 7) is 2.67. The summed E-state index contributed by atoms with van der Waals surface area (Å²) in [7, 11) is 5.37. The average Bonchev–Trinajstić information content (AvgIpc) is 3.75. The van der Waals surface area contributed by atoms with Gasteiger partial charge >= 0.3 is 11.9 Å². The smallest absolute Gasteiger partial charge is 0.433 e. The Morgan fingerprint density at radius 3 is 2.52 bits per heavy atom. The van der Waals surface area contributed by atoms with Crippen molar-refractivity contribution in [1.29, 1.82) is 0 Å². The molecule has 14 nitrogen and oxygen atoms in total. The van der Waals surface area contributed by atoms with E-state index in [1.807, 2.05) is 23.0 Å². The number of fused-ring (bicyclic) bond motifs is 2. The summed E-state index contributed by atoms with van der Waals surface area (Å²) in [4.78, 5) is 56.4. The van der Waals surface area contributed by atoms with E-state index in [-0.39, 0.29) is 35.9 Å². The zero-order chi connectivity index (χ0) is 43.0. The molecule has 2 saturated carbocycles. The lowest BCUT2D eigenvalue weighted by Gasteiger charge is -2.35. The SMILES string of the molecule is COc1cc2nn([C@H]3CC[C@H](CN(C)CCCO[C@H]4C[C@H](Cc5cccc6c5n(C)c(=O)n6C5CCC(=O)NC5=O)C4)CC3)cc2cc1NC(=O)c1cccc(C(F)(F)F)n1. The fourth-order valence-corrected chi connectivity index (χ4v) is 9.34. The fourth-order valence-electron chi connectivity index (χ4n) is 9.34. The zero-order valence-electron chi connectivity index (χ0n) is 34.5. The lowest BCUT2D eigenvalue weighted by atomic mass is 9.78. The van der Waals surface area contributed by atoms with Crippen molar-refractivity contribution in [3.8, 4) is 5.75 Å². The number of methoxy groups -OCH3 is 1. The van der Waals surface area contributed by atoms with Gasteiger partial charge in [0, 0.05) is 50.8 Å². The van der Waals surface area contributed by atoms with Crippen LogP contribution in [0.1, 0.15) is 91.6 Å². The number of pyridine rings is 1. The number of nitrogens with zero attached hydrogens (tertiary/aromatic N) is 6. The summed E-state index contributed by atoms with van der Waals surface area (Å²) in [5, 5.41) is 10.6. The molecule has 61 heavy (non-hydrogen) atoms. The molecule has 1 saturated heterocycles. The van der Waals surface area contributed by atoms with Crippen molar-refractivity contribution in [3.63, 3.8) is 0 Å². The molecule has 2 aromatic carbocycles. The van der Waals surface area contributed by atoms with Crippen LogP contribution in [-0.2, 0) is 34.0 Å². The van der Waals surface area contributed by atoms with Crippen LogP contribution >= 0.6 is 0 Å². The Kier molecular flexibility index (Phi) is 12.1. The third kappa shape index (κ3) is 9.08. The average molecular weight is 845 g/mol. The zero-order valence-corrected chi connectivity index (χ0v) is 34.5. The maximum atomic E-state index is 13.3. The van der Waals surface area contributed by atoms with E-state index < -0.39 is 29.7 Å². The normalized spacial score (nSPS) is 22.1. The number of carbonyl (C=O) groups excluding carboxylic acids is 3. The number of aromatic nitrogens is 5. The maximum absolute atomic E-state index is 13.3. The lowest BCUT2D eigenvalue weighted by molar-refractivity contribution is -0.141. The van der Waals surface area contributed by atoms with E-state index in [0.717, 1.165) is 98.6 Å². The molecule has 8 rings (SSSR count). The van der Waals surface area contributed by atoms with Gasteiger partial charge in [-0.15, -0.1) is 0 Å². The van der Waals surface area contributed by atoms with Crippen LogP contribution in [0.15, 0.2) is 59.5 Å². The summed E-state index contributed by atoms with van der Waals surface area (Å²) in [6, 6.07) is 12.0. The summed E-state index contributed by atoms with van der Waals surface area (Å²) >= 11 is 0. The molecule has 0 radical (unpaired) electrons. The summed E-state index contributed by atoms with van der Waals surface area (Å²) in [5.74, 6) is -0.141. The minimum atomic E-state index is -4.67. The van der Waals surface area contributed by atoms with Crippen LogP contribution in [0.2, 0.25) is 0 Å². The fraction of sp³-hybridized carbons (Fsp3) is 0.500. The Bertz CT molecular complexity index is 2500. The second-order valence-electron chi connectivity index (χ2n) is 16.9. The summed E-state index contributed by atoms with van der Waals surface area (Å²) < 4.78 is 56.4. The van der Waals surface area contributed by atoms with Crippen LogP contribution in [-0.4, -0.2) is 86.5 Å². The number of aryl methyl sites for hydroxylation is 1. The van der Waals surface area contributed by atoms with Gasteiger partial charge in [-0.1, -0.05) is 18.2 Å². The number of benzene rings is 2. The molecule has 3 amide bonds. The number of para-hydroxylation sites is 1. The van der Waals surface area contributed by atoms with Gasteiger partial charge in [-0.3, -0.25) is 33.5 Å². The van der Waals surface area contributed by atoms with Crippen LogP contribution in [0.5, 0.6) is 5.75 Å². The van der Waals surface area contributed by atoms with Gasteiger partial charge in [-0.2, -0.15) is 18.3 Å². The highest BCUT2D eigenvalue weighted by Gasteiger charge is 2.35. The molecule has 0 bridgehead atoms. The van der Waals surface area contributed by atoms with Crippen LogP contribution in [0.4, 0.5) is 18.9 Å². The van der Waals surface area contributed by atoms with E-state index in [1.54, 1.807) is 23.7 Å². The molecule has 1 unspecified atom stereocenters. The Morgan fingerprint density at radius 2 is 1.79 bits per heavy atom. The predicted molar refractivity (Wildman–Crippen MR) is 221 cm³/mol. The van der Waals surface area contributed by atoms with Gasteiger partial charge in [0.1, 0.15) is 23.2 Å². The second kappa shape index (κ2) is 17.4. The first-order valence-electron chi connectivity index (χ1n) is 21.0. The van der Waals surface area contributed by atoms with Gasteiger partial charge in [-0.05, 0) is 106 Å². The van der Waals surface area contributed by atoms with E-state index in [4.69, 9.17) is 14.6 Å². The number of carbonyl (C=O) groups is 3. The third-order valence-corrected chi connectivity index (χ3v) is 12.6. The van der Waals surface area contributed by atoms with E-state index in [9.17, 15) is 32.3 Å². The Labute approximate surface area is 350 Å². The monoisotopic (exact) mass is 844 g/mol. The number of amides is 3. The number of rotatable bonds is 14. The van der Waals surface area contributed by atoms with Crippen molar-refractivity contribution in [1.82, 2.24) is 34.1 Å². The van der Waals surface area contributed by atoms with Gasteiger partial charge < -0.3 is 19.7 Å². The van der Waals surface area contributed by atoms with Crippen molar-refractivity contribution in [2.45, 2.75) is 88.6 Å². The van der Waals surface area contributed by atoms with Gasteiger partial charge in [0.05, 0.1) is 41.5 Å².